The number of fused-ring (bicyclic) bond motifs is 8. The Bertz CT molecular complexity index is 1310. The minimum absolute atomic E-state index is 0.0460. The largest absolute Gasteiger partial charge is 0.418 e. The van der Waals surface area contributed by atoms with Gasteiger partial charge in [0.1, 0.15) is 6.17 Å². The molecule has 0 amide bonds. The van der Waals surface area contributed by atoms with Crippen LogP contribution in [0.15, 0.2) is 66.7 Å². The second-order valence-electron chi connectivity index (χ2n) is 10.3. The summed E-state index contributed by atoms with van der Waals surface area (Å²) in [5.41, 5.74) is 4.36. The monoisotopic (exact) mass is 476 g/mol. The Labute approximate surface area is 205 Å². The van der Waals surface area contributed by atoms with Crippen molar-refractivity contribution in [3.63, 3.8) is 0 Å². The van der Waals surface area contributed by atoms with Gasteiger partial charge in [0.15, 0.2) is 0 Å². The number of para-hydroxylation sites is 3. The highest BCUT2D eigenvalue weighted by atomic mass is 19.4. The molecule has 182 valence electrons. The van der Waals surface area contributed by atoms with Gasteiger partial charge in [0, 0.05) is 22.2 Å². The van der Waals surface area contributed by atoms with E-state index in [1.165, 1.54) is 11.6 Å². The highest BCUT2D eigenvalue weighted by Gasteiger charge is 2.81. The van der Waals surface area contributed by atoms with Gasteiger partial charge < -0.3 is 9.80 Å². The molecule has 0 radical (unpaired) electrons. The number of hydrogen-bond acceptors (Lipinski definition) is 2. The highest BCUT2D eigenvalue weighted by Crippen LogP contribution is 2.82. The van der Waals surface area contributed by atoms with Crippen LogP contribution in [0, 0.1) is 18.3 Å². The predicted molar refractivity (Wildman–Crippen MR) is 136 cm³/mol. The van der Waals surface area contributed by atoms with Crippen LogP contribution in [0.4, 0.5) is 35.9 Å². The molecule has 3 aromatic rings. The van der Waals surface area contributed by atoms with Gasteiger partial charge in [0.2, 0.25) is 0 Å². The number of halogens is 3. The second-order valence-corrected chi connectivity index (χ2v) is 10.3. The van der Waals surface area contributed by atoms with Crippen molar-refractivity contribution < 1.29 is 13.2 Å². The normalized spacial score (nSPS) is 28.3. The van der Waals surface area contributed by atoms with E-state index in [9.17, 15) is 13.2 Å². The average molecular weight is 477 g/mol. The van der Waals surface area contributed by atoms with E-state index < -0.39 is 11.7 Å². The molecule has 6 rings (SSSR count). The van der Waals surface area contributed by atoms with Crippen molar-refractivity contribution in [3.05, 3.63) is 83.4 Å². The van der Waals surface area contributed by atoms with Gasteiger partial charge in [-0.3, -0.25) is 0 Å². The van der Waals surface area contributed by atoms with Gasteiger partial charge in [-0.2, -0.15) is 13.2 Å². The van der Waals surface area contributed by atoms with Gasteiger partial charge in [-0.1, -0.05) is 69.7 Å². The number of alkyl halides is 3. The molecule has 2 heterocycles. The molecule has 0 aromatic heterocycles. The standard InChI is InChI=1S/C30H31F3N2/c1-5-25-28(6-2)20-14-9-11-17-23(20)34-24-18-12-15-21(30(31,32)33)26(24)35(27(34)29(25,28)7-3)22-16-10-8-13-19(22)4/h8-18,25,27H,5-7H2,1-4H3. The van der Waals surface area contributed by atoms with Crippen LogP contribution in [0.2, 0.25) is 0 Å². The minimum atomic E-state index is -4.45. The van der Waals surface area contributed by atoms with E-state index in [0.717, 1.165) is 36.2 Å². The zero-order valence-electron chi connectivity index (χ0n) is 20.7. The van der Waals surface area contributed by atoms with Gasteiger partial charge in [-0.25, -0.2) is 0 Å². The molecule has 35 heavy (non-hydrogen) atoms. The van der Waals surface area contributed by atoms with Crippen molar-refractivity contribution in [1.29, 1.82) is 0 Å². The first-order valence-electron chi connectivity index (χ1n) is 12.7. The summed E-state index contributed by atoms with van der Waals surface area (Å²) in [7, 11) is 0. The molecule has 3 aromatic carbocycles. The van der Waals surface area contributed by atoms with Crippen LogP contribution in [0.5, 0.6) is 0 Å². The summed E-state index contributed by atoms with van der Waals surface area (Å²) >= 11 is 0. The molecule has 3 aliphatic rings. The average Bonchev–Trinajstić information content (AvgIpc) is 3.33. The Balaban J connectivity index is 1.75. The van der Waals surface area contributed by atoms with Crippen LogP contribution < -0.4 is 9.80 Å². The maximum absolute atomic E-state index is 14.5. The summed E-state index contributed by atoms with van der Waals surface area (Å²) in [4.78, 5) is 4.28. The summed E-state index contributed by atoms with van der Waals surface area (Å²) in [6, 6.07) is 21.0. The van der Waals surface area contributed by atoms with Gasteiger partial charge in [-0.05, 0) is 61.1 Å². The van der Waals surface area contributed by atoms with E-state index >= 15 is 0 Å². The predicted octanol–water partition coefficient (Wildman–Crippen LogP) is 8.73. The quantitative estimate of drug-likeness (QED) is 0.371. The van der Waals surface area contributed by atoms with Crippen molar-refractivity contribution in [1.82, 2.24) is 0 Å². The fourth-order valence-electron chi connectivity index (χ4n) is 8.23. The third-order valence-corrected chi connectivity index (χ3v) is 9.30. The lowest BCUT2D eigenvalue weighted by atomic mass is 9.76. The summed E-state index contributed by atoms with van der Waals surface area (Å²) < 4.78 is 43.6. The lowest BCUT2D eigenvalue weighted by Crippen LogP contribution is -2.52. The van der Waals surface area contributed by atoms with Crippen molar-refractivity contribution in [3.8, 4) is 0 Å². The van der Waals surface area contributed by atoms with Crippen LogP contribution in [0.3, 0.4) is 0 Å². The van der Waals surface area contributed by atoms with Gasteiger partial charge in [0.05, 0.1) is 16.9 Å². The van der Waals surface area contributed by atoms with Crippen molar-refractivity contribution in [2.45, 2.75) is 64.7 Å². The Morgan fingerprint density at radius 3 is 2.06 bits per heavy atom. The first-order chi connectivity index (χ1) is 16.8. The summed E-state index contributed by atoms with van der Waals surface area (Å²) in [5, 5.41) is 0. The Kier molecular flexibility index (Phi) is 4.68. The van der Waals surface area contributed by atoms with Crippen LogP contribution in [0.1, 0.15) is 56.7 Å². The zero-order chi connectivity index (χ0) is 24.8. The lowest BCUT2D eigenvalue weighted by molar-refractivity contribution is -0.137. The van der Waals surface area contributed by atoms with Crippen LogP contribution >= 0.6 is 0 Å². The van der Waals surface area contributed by atoms with Crippen LogP contribution in [0.25, 0.3) is 0 Å². The van der Waals surface area contributed by atoms with E-state index in [-0.39, 0.29) is 22.7 Å². The molecule has 1 saturated carbocycles. The van der Waals surface area contributed by atoms with Crippen molar-refractivity contribution in [2.24, 2.45) is 11.3 Å². The molecular weight excluding hydrogens is 445 g/mol. The molecule has 0 saturated heterocycles. The highest BCUT2D eigenvalue weighted by molar-refractivity contribution is 5.94. The van der Waals surface area contributed by atoms with Gasteiger partial charge >= 0.3 is 6.18 Å². The summed E-state index contributed by atoms with van der Waals surface area (Å²) in [5.74, 6) is 0.399. The van der Waals surface area contributed by atoms with Crippen LogP contribution in [-0.2, 0) is 11.6 Å². The zero-order valence-corrected chi connectivity index (χ0v) is 20.7. The molecule has 5 heteroatoms. The minimum Gasteiger partial charge on any atom is -0.317 e. The SMILES string of the molecule is CCC1C2(CC)c3ccccc3N3c4cccc(C(F)(F)F)c4N(c4ccccc4C)C3C12CC. The number of hydrogen-bond donors (Lipinski definition) is 0. The van der Waals surface area contributed by atoms with E-state index in [2.05, 4.69) is 43.9 Å². The Hall–Kier alpha value is -2.95. The van der Waals surface area contributed by atoms with Gasteiger partial charge in [0.25, 0.3) is 0 Å². The molecule has 2 nitrogen and oxygen atoms in total. The summed E-state index contributed by atoms with van der Waals surface area (Å²) in [6.45, 7) is 8.73. The van der Waals surface area contributed by atoms with E-state index in [0.29, 0.717) is 11.6 Å². The Morgan fingerprint density at radius 1 is 0.771 bits per heavy atom. The molecule has 2 aliphatic heterocycles. The van der Waals surface area contributed by atoms with E-state index in [1.54, 1.807) is 6.07 Å². The maximum Gasteiger partial charge on any atom is 0.418 e. The maximum atomic E-state index is 14.5. The molecular formula is C30H31F3N2. The second kappa shape index (κ2) is 7.28. The summed E-state index contributed by atoms with van der Waals surface area (Å²) in [6.07, 6.45) is -1.77. The number of aryl methyl sites for hydroxylation is 1. The third kappa shape index (κ3) is 2.52. The molecule has 4 unspecified atom stereocenters. The first kappa shape index (κ1) is 22.5. The van der Waals surface area contributed by atoms with E-state index in [4.69, 9.17) is 0 Å². The first-order valence-corrected chi connectivity index (χ1v) is 12.7. The van der Waals surface area contributed by atoms with Gasteiger partial charge in [-0.15, -0.1) is 0 Å². The molecule has 1 aliphatic carbocycles. The number of nitrogens with zero attached hydrogens (tertiary/aromatic N) is 2. The van der Waals surface area contributed by atoms with Crippen LogP contribution in [-0.4, -0.2) is 6.17 Å². The number of rotatable bonds is 4. The molecule has 0 bridgehead atoms. The van der Waals surface area contributed by atoms with E-state index in [1.807, 2.05) is 48.2 Å². The molecule has 1 fully saturated rings. The topological polar surface area (TPSA) is 6.48 Å². The molecule has 0 N–H and O–H groups in total. The fraction of sp³-hybridized carbons (Fsp3) is 0.400. The lowest BCUT2D eigenvalue weighted by Gasteiger charge is -2.47. The molecule has 0 spiro atoms. The fourth-order valence-corrected chi connectivity index (χ4v) is 8.23. The molecule has 4 atom stereocenters. The number of anilines is 4. The smallest absolute Gasteiger partial charge is 0.317 e. The van der Waals surface area contributed by atoms with Crippen molar-refractivity contribution >= 4 is 22.7 Å². The van der Waals surface area contributed by atoms with Crippen molar-refractivity contribution in [2.75, 3.05) is 9.80 Å². The Morgan fingerprint density at radius 2 is 1.43 bits per heavy atom. The number of benzene rings is 3. The third-order valence-electron chi connectivity index (χ3n) is 9.30.